The highest BCUT2D eigenvalue weighted by Crippen LogP contribution is 2.27. The van der Waals surface area contributed by atoms with Crippen molar-refractivity contribution in [3.8, 4) is 0 Å². The van der Waals surface area contributed by atoms with E-state index in [0.29, 0.717) is 0 Å². The van der Waals surface area contributed by atoms with Gasteiger partial charge in [0.25, 0.3) is 6.43 Å². The van der Waals surface area contributed by atoms with Crippen LogP contribution in [0, 0.1) is 3.70 Å². The predicted molar refractivity (Wildman–Crippen MR) is 58.3 cm³/mol. The molecule has 0 aromatic carbocycles. The number of carbonyl (C=O) groups is 1. The van der Waals surface area contributed by atoms with E-state index in [4.69, 9.17) is 16.7 Å². The Hall–Kier alpha value is -0.500. The van der Waals surface area contributed by atoms with E-state index < -0.39 is 18.8 Å². The number of alkyl halides is 2. The second kappa shape index (κ2) is 5.02. The summed E-state index contributed by atoms with van der Waals surface area (Å²) in [5.41, 5.74) is -0.198. The molecule has 82 valence electrons. The third-order valence-electron chi connectivity index (χ3n) is 1.61. The number of aromatic nitrogens is 1. The van der Waals surface area contributed by atoms with Crippen molar-refractivity contribution >= 4 is 40.2 Å². The molecular formula is C8H5ClF2INO2. The van der Waals surface area contributed by atoms with E-state index in [1.54, 1.807) is 22.6 Å². The number of carboxylic acids is 1. The van der Waals surface area contributed by atoms with Crippen LogP contribution in [0.2, 0.25) is 5.15 Å². The highest BCUT2D eigenvalue weighted by Gasteiger charge is 2.17. The first kappa shape index (κ1) is 12.6. The van der Waals surface area contributed by atoms with Crippen molar-refractivity contribution < 1.29 is 18.7 Å². The molecule has 0 atom stereocenters. The van der Waals surface area contributed by atoms with E-state index in [9.17, 15) is 13.6 Å². The van der Waals surface area contributed by atoms with Crippen molar-refractivity contribution in [2.45, 2.75) is 12.8 Å². The van der Waals surface area contributed by atoms with Gasteiger partial charge in [0.05, 0.1) is 12.0 Å². The van der Waals surface area contributed by atoms with Crippen LogP contribution in [0.25, 0.3) is 0 Å². The molecule has 0 saturated carbocycles. The minimum Gasteiger partial charge on any atom is -0.481 e. The summed E-state index contributed by atoms with van der Waals surface area (Å²) in [4.78, 5) is 14.1. The number of rotatable bonds is 3. The molecule has 0 radical (unpaired) electrons. The summed E-state index contributed by atoms with van der Waals surface area (Å²) in [6, 6.07) is 1.08. The summed E-state index contributed by atoms with van der Waals surface area (Å²) >= 11 is 7.25. The Labute approximate surface area is 103 Å². The number of aliphatic carboxylic acids is 1. The second-order valence-corrected chi connectivity index (χ2v) is 4.07. The van der Waals surface area contributed by atoms with Crippen LogP contribution < -0.4 is 0 Å². The second-order valence-electron chi connectivity index (χ2n) is 2.69. The van der Waals surface area contributed by atoms with E-state index in [2.05, 4.69) is 4.98 Å². The normalized spacial score (nSPS) is 10.7. The highest BCUT2D eigenvalue weighted by molar-refractivity contribution is 14.1. The highest BCUT2D eigenvalue weighted by atomic mass is 127. The predicted octanol–water partition coefficient (Wildman–Crippen LogP) is 2.90. The summed E-state index contributed by atoms with van der Waals surface area (Å²) in [6.45, 7) is 0. The van der Waals surface area contributed by atoms with Gasteiger partial charge in [-0.15, -0.1) is 0 Å². The van der Waals surface area contributed by atoms with Crippen molar-refractivity contribution in [3.05, 3.63) is 26.0 Å². The Kier molecular flexibility index (Phi) is 4.21. The van der Waals surface area contributed by atoms with Crippen molar-refractivity contribution in [2.75, 3.05) is 0 Å². The van der Waals surface area contributed by atoms with E-state index >= 15 is 0 Å². The Balaban J connectivity index is 3.17. The van der Waals surface area contributed by atoms with Gasteiger partial charge in [-0.2, -0.15) is 0 Å². The van der Waals surface area contributed by atoms with Gasteiger partial charge >= 0.3 is 5.97 Å². The van der Waals surface area contributed by atoms with Crippen molar-refractivity contribution in [3.63, 3.8) is 0 Å². The summed E-state index contributed by atoms with van der Waals surface area (Å²) in [7, 11) is 0. The Bertz CT molecular complexity index is 400. The van der Waals surface area contributed by atoms with Crippen LogP contribution in [0.4, 0.5) is 8.78 Å². The number of halogens is 4. The maximum Gasteiger partial charge on any atom is 0.307 e. The molecule has 1 rings (SSSR count). The molecule has 3 nitrogen and oxygen atoms in total. The van der Waals surface area contributed by atoms with Gasteiger partial charge in [0.1, 0.15) is 8.85 Å². The number of hydrogen-bond donors (Lipinski definition) is 1. The molecule has 0 amide bonds. The average molecular weight is 347 g/mol. The van der Waals surface area contributed by atoms with Gasteiger partial charge in [-0.25, -0.2) is 13.8 Å². The standard InChI is InChI=1S/C8H5ClF2INO2/c9-6-3(2-5(14)15)1-4(7(10)11)8(12)13-6/h1,7H,2H2,(H,14,15). The summed E-state index contributed by atoms with van der Waals surface area (Å²) < 4.78 is 25.0. The minimum atomic E-state index is -2.69. The number of pyridine rings is 1. The van der Waals surface area contributed by atoms with Crippen molar-refractivity contribution in [1.29, 1.82) is 0 Å². The van der Waals surface area contributed by atoms with Gasteiger partial charge in [-0.1, -0.05) is 11.6 Å². The molecule has 0 aliphatic rings. The third-order valence-corrected chi connectivity index (χ3v) is 2.80. The Morgan fingerprint density at radius 1 is 1.67 bits per heavy atom. The van der Waals surface area contributed by atoms with Gasteiger partial charge in [-0.05, 0) is 28.7 Å². The molecule has 1 heterocycles. The first-order chi connectivity index (χ1) is 6.91. The lowest BCUT2D eigenvalue weighted by Gasteiger charge is -2.06. The maximum absolute atomic E-state index is 12.4. The van der Waals surface area contributed by atoms with Crippen LogP contribution in [-0.2, 0) is 11.2 Å². The lowest BCUT2D eigenvalue weighted by atomic mass is 10.1. The molecule has 15 heavy (non-hydrogen) atoms. The van der Waals surface area contributed by atoms with E-state index in [1.807, 2.05) is 0 Å². The van der Waals surface area contributed by atoms with Crippen LogP contribution in [-0.4, -0.2) is 16.1 Å². The molecule has 0 spiro atoms. The van der Waals surface area contributed by atoms with Crippen LogP contribution in [0.5, 0.6) is 0 Å². The summed E-state index contributed by atoms with van der Waals surface area (Å²) in [6.07, 6.45) is -3.10. The SMILES string of the molecule is O=C(O)Cc1cc(C(F)F)c(I)nc1Cl. The molecule has 0 aliphatic carbocycles. The lowest BCUT2D eigenvalue weighted by molar-refractivity contribution is -0.136. The fourth-order valence-corrected chi connectivity index (χ4v) is 1.95. The molecule has 1 aromatic rings. The molecule has 1 N–H and O–H groups in total. The summed E-state index contributed by atoms with van der Waals surface area (Å²) in [5.74, 6) is -1.14. The fraction of sp³-hybridized carbons (Fsp3) is 0.250. The molecular weight excluding hydrogens is 342 g/mol. The van der Waals surface area contributed by atoms with Gasteiger partial charge < -0.3 is 5.11 Å². The fourth-order valence-electron chi connectivity index (χ4n) is 0.969. The van der Waals surface area contributed by atoms with E-state index in [1.165, 1.54) is 0 Å². The topological polar surface area (TPSA) is 50.2 Å². The molecule has 0 saturated heterocycles. The van der Waals surface area contributed by atoms with Crippen LogP contribution in [0.3, 0.4) is 0 Å². The monoisotopic (exact) mass is 347 g/mol. The molecule has 1 aromatic heterocycles. The summed E-state index contributed by atoms with van der Waals surface area (Å²) in [5, 5.41) is 8.46. The van der Waals surface area contributed by atoms with Gasteiger partial charge in [0, 0.05) is 5.56 Å². The van der Waals surface area contributed by atoms with Crippen molar-refractivity contribution in [2.24, 2.45) is 0 Å². The molecule has 0 fully saturated rings. The zero-order chi connectivity index (χ0) is 11.6. The van der Waals surface area contributed by atoms with Crippen LogP contribution in [0.1, 0.15) is 17.6 Å². The van der Waals surface area contributed by atoms with Gasteiger partial charge in [0.15, 0.2) is 0 Å². The molecule has 0 aliphatic heterocycles. The zero-order valence-corrected chi connectivity index (χ0v) is 10.1. The number of carboxylic acid groups (broad SMARTS) is 1. The average Bonchev–Trinajstić information content (AvgIpc) is 2.08. The van der Waals surface area contributed by atoms with Gasteiger partial charge in [0.2, 0.25) is 0 Å². The Morgan fingerprint density at radius 3 is 2.73 bits per heavy atom. The molecule has 7 heteroatoms. The quantitative estimate of drug-likeness (QED) is 0.676. The minimum absolute atomic E-state index is 0.0498. The van der Waals surface area contributed by atoms with E-state index in [-0.39, 0.29) is 20.0 Å². The first-order valence-electron chi connectivity index (χ1n) is 3.76. The smallest absolute Gasteiger partial charge is 0.307 e. The van der Waals surface area contributed by atoms with E-state index in [0.717, 1.165) is 6.07 Å². The zero-order valence-electron chi connectivity index (χ0n) is 7.18. The largest absolute Gasteiger partial charge is 0.481 e. The lowest BCUT2D eigenvalue weighted by Crippen LogP contribution is -2.04. The number of hydrogen-bond acceptors (Lipinski definition) is 2. The van der Waals surface area contributed by atoms with Crippen LogP contribution >= 0.6 is 34.2 Å². The molecule has 0 bridgehead atoms. The van der Waals surface area contributed by atoms with Gasteiger partial charge in [-0.3, -0.25) is 4.79 Å². The first-order valence-corrected chi connectivity index (χ1v) is 5.22. The Morgan fingerprint density at radius 2 is 2.27 bits per heavy atom. The molecule has 0 unspecified atom stereocenters. The maximum atomic E-state index is 12.4. The third kappa shape index (κ3) is 3.23. The van der Waals surface area contributed by atoms with Crippen LogP contribution in [0.15, 0.2) is 6.07 Å². The number of nitrogens with zero attached hydrogens (tertiary/aromatic N) is 1. The van der Waals surface area contributed by atoms with Crippen molar-refractivity contribution in [1.82, 2.24) is 4.98 Å².